The lowest BCUT2D eigenvalue weighted by Crippen LogP contribution is -2.69. The average Bonchev–Trinajstić information content (AvgIpc) is 2.82. The summed E-state index contributed by atoms with van der Waals surface area (Å²) in [5.74, 6) is 3.02. The third-order valence-electron chi connectivity index (χ3n) is 11.0. The Morgan fingerprint density at radius 2 is 1.71 bits per heavy atom. The Morgan fingerprint density at radius 1 is 1.03 bits per heavy atom. The van der Waals surface area contributed by atoms with E-state index >= 15 is 0 Å². The van der Waals surface area contributed by atoms with Gasteiger partial charge in [-0.15, -0.1) is 0 Å². The molecule has 1 aromatic carbocycles. The number of methoxy groups -OCH3 is 3. The van der Waals surface area contributed by atoms with Crippen molar-refractivity contribution in [3.05, 3.63) is 23.3 Å². The van der Waals surface area contributed by atoms with E-state index in [4.69, 9.17) is 14.2 Å². The van der Waals surface area contributed by atoms with Crippen LogP contribution in [0.4, 0.5) is 0 Å². The molecule has 0 amide bonds. The van der Waals surface area contributed by atoms with Crippen molar-refractivity contribution in [1.29, 1.82) is 0 Å². The zero-order valence-electron chi connectivity index (χ0n) is 21.9. The number of fused-ring (bicyclic) bond motifs is 2. The lowest BCUT2D eigenvalue weighted by atomic mass is 9.34. The number of rotatable bonds is 4. The Balaban J connectivity index is 1.75. The van der Waals surface area contributed by atoms with Crippen LogP contribution in [0.2, 0.25) is 0 Å². The van der Waals surface area contributed by atoms with E-state index in [0.29, 0.717) is 5.92 Å². The summed E-state index contributed by atoms with van der Waals surface area (Å²) in [4.78, 5) is 13.1. The van der Waals surface area contributed by atoms with Gasteiger partial charge in [-0.2, -0.15) is 0 Å². The van der Waals surface area contributed by atoms with E-state index in [2.05, 4.69) is 27.7 Å². The van der Waals surface area contributed by atoms with Crippen LogP contribution in [-0.4, -0.2) is 38.5 Å². The van der Waals surface area contributed by atoms with Crippen LogP contribution < -0.4 is 9.47 Å². The first-order valence-electron chi connectivity index (χ1n) is 13.1. The first-order chi connectivity index (χ1) is 16.1. The molecule has 1 spiro atoms. The summed E-state index contributed by atoms with van der Waals surface area (Å²) in [7, 11) is 5.02. The summed E-state index contributed by atoms with van der Waals surface area (Å²) in [6.07, 6.45) is 5.34. The van der Waals surface area contributed by atoms with E-state index in [-0.39, 0.29) is 35.1 Å². The van der Waals surface area contributed by atoms with Gasteiger partial charge in [0.2, 0.25) is 0 Å². The minimum absolute atomic E-state index is 0.0492. The van der Waals surface area contributed by atoms with E-state index < -0.39 is 16.9 Å². The van der Waals surface area contributed by atoms with Crippen LogP contribution in [0.3, 0.4) is 0 Å². The number of benzene rings is 1. The van der Waals surface area contributed by atoms with Gasteiger partial charge in [0.1, 0.15) is 11.5 Å². The molecule has 3 fully saturated rings. The first-order valence-corrected chi connectivity index (χ1v) is 13.1. The number of hydrogen-bond acceptors (Lipinski definition) is 5. The lowest BCUT2D eigenvalue weighted by Gasteiger charge is -2.70. The van der Waals surface area contributed by atoms with E-state index in [1.54, 1.807) is 14.2 Å². The lowest BCUT2D eigenvalue weighted by molar-refractivity contribution is -0.201. The fourth-order valence-corrected chi connectivity index (χ4v) is 9.77. The third kappa shape index (κ3) is 2.74. The predicted octanol–water partition coefficient (Wildman–Crippen LogP) is 5.47. The molecule has 0 aromatic heterocycles. The van der Waals surface area contributed by atoms with Crippen LogP contribution in [0.15, 0.2) is 12.1 Å². The summed E-state index contributed by atoms with van der Waals surface area (Å²) >= 11 is 0. The molecule has 0 saturated heterocycles. The highest BCUT2D eigenvalue weighted by Gasteiger charge is 2.71. The van der Waals surface area contributed by atoms with E-state index in [0.717, 1.165) is 50.0 Å². The molecule has 34 heavy (non-hydrogen) atoms. The van der Waals surface area contributed by atoms with Crippen molar-refractivity contribution < 1.29 is 24.1 Å². The van der Waals surface area contributed by atoms with Crippen LogP contribution in [-0.2, 0) is 14.9 Å². The fourth-order valence-electron chi connectivity index (χ4n) is 9.77. The summed E-state index contributed by atoms with van der Waals surface area (Å²) in [5.41, 5.74) is 1.54. The molecule has 6 rings (SSSR count). The number of carbonyl (C=O) groups is 1. The smallest absolute Gasteiger partial charge is 0.311 e. The van der Waals surface area contributed by atoms with Gasteiger partial charge in [-0.25, -0.2) is 0 Å². The highest BCUT2D eigenvalue weighted by molar-refractivity contribution is 5.77. The molecule has 5 aliphatic carbocycles. The van der Waals surface area contributed by atoms with Gasteiger partial charge in [0.15, 0.2) is 0 Å². The second-order valence-electron chi connectivity index (χ2n) is 12.3. The van der Waals surface area contributed by atoms with E-state index in [1.165, 1.54) is 18.2 Å². The molecular weight excluding hydrogens is 428 g/mol. The largest absolute Gasteiger partial charge is 0.496 e. The maximum absolute atomic E-state index is 13.1. The summed E-state index contributed by atoms with van der Waals surface area (Å²) in [6.45, 7) is 9.03. The van der Waals surface area contributed by atoms with E-state index in [9.17, 15) is 9.90 Å². The SMILES string of the molecule is COC(=O)[C@@]1(C)CCC[C@]2(C)[C@H]3C[C@@H]4c5c(OC)ccc(OC)c5[C@@]3(CC[C@@H]21)[C@@H](O)[C@H]4C(C)C. The van der Waals surface area contributed by atoms with Crippen molar-refractivity contribution in [2.45, 2.75) is 83.7 Å². The number of esters is 1. The molecule has 8 atom stereocenters. The number of aliphatic hydroxyl groups is 1. The van der Waals surface area contributed by atoms with Crippen molar-refractivity contribution in [3.8, 4) is 11.5 Å². The molecule has 5 heteroatoms. The molecule has 1 N–H and O–H groups in total. The molecule has 1 aromatic rings. The number of ether oxygens (including phenoxy) is 3. The molecule has 3 saturated carbocycles. The van der Waals surface area contributed by atoms with Crippen LogP contribution in [0, 0.1) is 34.5 Å². The Labute approximate surface area is 204 Å². The summed E-state index contributed by atoms with van der Waals surface area (Å²) in [6, 6.07) is 4.06. The van der Waals surface area contributed by atoms with Crippen molar-refractivity contribution in [3.63, 3.8) is 0 Å². The van der Waals surface area contributed by atoms with Gasteiger partial charge in [-0.3, -0.25) is 4.79 Å². The molecule has 0 aliphatic heterocycles. The topological polar surface area (TPSA) is 65.0 Å². The molecule has 2 bridgehead atoms. The summed E-state index contributed by atoms with van der Waals surface area (Å²) < 4.78 is 17.2. The van der Waals surface area contributed by atoms with E-state index in [1.807, 2.05) is 12.1 Å². The minimum Gasteiger partial charge on any atom is -0.496 e. The fraction of sp³-hybridized carbons (Fsp3) is 0.759. The second kappa shape index (κ2) is 7.88. The molecule has 0 heterocycles. The maximum atomic E-state index is 13.1. The van der Waals surface area contributed by atoms with Crippen molar-refractivity contribution in [2.24, 2.45) is 34.5 Å². The monoisotopic (exact) mass is 470 g/mol. The van der Waals surface area contributed by atoms with Gasteiger partial charge in [0.25, 0.3) is 0 Å². The van der Waals surface area contributed by atoms with Gasteiger partial charge in [-0.05, 0) is 86.2 Å². The number of carbonyl (C=O) groups excluding carboxylic acids is 1. The Hall–Kier alpha value is -1.75. The van der Waals surface area contributed by atoms with Gasteiger partial charge in [-0.1, -0.05) is 27.2 Å². The molecule has 5 nitrogen and oxygen atoms in total. The van der Waals surface area contributed by atoms with Crippen LogP contribution in [0.1, 0.15) is 83.3 Å². The molecule has 0 radical (unpaired) electrons. The van der Waals surface area contributed by atoms with Crippen molar-refractivity contribution in [1.82, 2.24) is 0 Å². The standard InChI is InChI=1S/C29H42O5/c1-16(2)22-17-15-21-27(3)12-8-13-28(4,26(31)34-7)20(27)11-14-29(21,25(22)30)24-19(33-6)10-9-18(32-5)23(17)24/h9-10,16-17,20-22,25,30H,8,11-15H2,1-7H3/t17-,20-,21+,22-,25-,27-,28-,29-/m0/s1. The molecular formula is C29H42O5. The Kier molecular flexibility index (Phi) is 5.55. The van der Waals surface area contributed by atoms with Crippen molar-refractivity contribution >= 4 is 5.97 Å². The Bertz CT molecular complexity index is 987. The van der Waals surface area contributed by atoms with Crippen molar-refractivity contribution in [2.75, 3.05) is 21.3 Å². The number of hydrogen-bond donors (Lipinski definition) is 1. The van der Waals surface area contributed by atoms with Gasteiger partial charge >= 0.3 is 5.97 Å². The summed E-state index contributed by atoms with van der Waals surface area (Å²) in [5, 5.41) is 12.2. The highest BCUT2D eigenvalue weighted by atomic mass is 16.5. The average molecular weight is 471 g/mol. The molecule has 188 valence electrons. The van der Waals surface area contributed by atoms with Gasteiger partial charge < -0.3 is 19.3 Å². The minimum atomic E-state index is -0.469. The van der Waals surface area contributed by atoms with Crippen LogP contribution in [0.25, 0.3) is 0 Å². The zero-order chi connectivity index (χ0) is 24.6. The maximum Gasteiger partial charge on any atom is 0.311 e. The molecule has 5 aliphatic rings. The normalized spacial score (nSPS) is 42.4. The van der Waals surface area contributed by atoms with Gasteiger partial charge in [0, 0.05) is 16.5 Å². The van der Waals surface area contributed by atoms with Crippen LogP contribution in [0.5, 0.6) is 11.5 Å². The quantitative estimate of drug-likeness (QED) is 0.591. The third-order valence-corrected chi connectivity index (χ3v) is 11.0. The van der Waals surface area contributed by atoms with Gasteiger partial charge in [0.05, 0.1) is 32.8 Å². The highest BCUT2D eigenvalue weighted by Crippen LogP contribution is 2.75. The zero-order valence-corrected chi connectivity index (χ0v) is 21.9. The number of aliphatic hydroxyl groups excluding tert-OH is 1. The molecule has 0 unspecified atom stereocenters. The predicted molar refractivity (Wildman–Crippen MR) is 131 cm³/mol. The van der Waals surface area contributed by atoms with Crippen LogP contribution >= 0.6 is 0 Å². The second-order valence-corrected chi connectivity index (χ2v) is 12.3. The first kappa shape index (κ1) is 24.0. The Morgan fingerprint density at radius 3 is 2.32 bits per heavy atom.